The van der Waals surface area contributed by atoms with E-state index in [4.69, 9.17) is 22.9 Å². The first-order valence-electron chi connectivity index (χ1n) is 18.4. The van der Waals surface area contributed by atoms with E-state index in [-0.39, 0.29) is 56.2 Å². The van der Waals surface area contributed by atoms with Crippen LogP contribution in [0.25, 0.3) is 0 Å². The van der Waals surface area contributed by atoms with Crippen LogP contribution in [0, 0.1) is 0 Å². The minimum atomic E-state index is -1.80. The Kier molecular flexibility index (Phi) is 21.6. The molecule has 0 spiro atoms. The second-order valence-corrected chi connectivity index (χ2v) is 15.9. The van der Waals surface area contributed by atoms with Gasteiger partial charge in [-0.3, -0.25) is 43.3 Å². The summed E-state index contributed by atoms with van der Waals surface area (Å²) in [5.41, 5.74) is 22.3. The van der Waals surface area contributed by atoms with Gasteiger partial charge in [0.1, 0.15) is 36.3 Å². The molecule has 0 radical (unpaired) electrons. The molecule has 7 amide bonds. The highest BCUT2D eigenvalue weighted by atomic mass is 33.1. The maximum atomic E-state index is 13.7. The summed E-state index contributed by atoms with van der Waals surface area (Å²) in [5, 5.41) is 43.5. The predicted octanol–water partition coefficient (Wildman–Crippen LogP) is -6.03. The van der Waals surface area contributed by atoms with Gasteiger partial charge in [-0.05, 0) is 51.5 Å². The number of nitrogens with zero attached hydrogens (tertiary/aromatic N) is 2. The summed E-state index contributed by atoms with van der Waals surface area (Å²) >= 11 is 0. The van der Waals surface area contributed by atoms with Crippen LogP contribution in [0.15, 0.2) is 4.99 Å². The van der Waals surface area contributed by atoms with Gasteiger partial charge in [-0.25, -0.2) is 4.79 Å². The van der Waals surface area contributed by atoms with E-state index >= 15 is 0 Å². The molecule has 7 atom stereocenters. The molecule has 2 fully saturated rings. The average molecular weight is 863 g/mol. The first-order chi connectivity index (χ1) is 27.5. The number of aliphatic carboxylic acids is 2. The Hall–Kier alpha value is -4.92. The lowest BCUT2D eigenvalue weighted by molar-refractivity contribution is -0.144. The fraction of sp³-hybridized carbons (Fsp3) is 0.688. The van der Waals surface area contributed by atoms with E-state index in [1.165, 1.54) is 0 Å². The SMILES string of the molecule is NCCCC[C@H](NC(=O)[C@H]1CSSC[C@@H](N)C(=O)N[C@@H](CCCN=C(N)N)C(=O)NCC(=O)N[C@@H](CC(=O)O)C(=O)N[C@@H](CO)C(=O)N2CCC[C@H]2C(=O)N1)C(=O)O. The predicted molar refractivity (Wildman–Crippen MR) is 210 cm³/mol. The zero-order chi connectivity index (χ0) is 43.4. The van der Waals surface area contributed by atoms with Gasteiger partial charge in [0, 0.05) is 24.6 Å². The summed E-state index contributed by atoms with van der Waals surface area (Å²) in [7, 11) is 2.06. The van der Waals surface area contributed by atoms with Crippen molar-refractivity contribution in [3.8, 4) is 0 Å². The molecule has 58 heavy (non-hydrogen) atoms. The number of hydrogen-bond donors (Lipinski definition) is 13. The monoisotopic (exact) mass is 862 g/mol. The fourth-order valence-corrected chi connectivity index (χ4v) is 8.01. The number of aliphatic hydroxyl groups excluding tert-OH is 1. The highest BCUT2D eigenvalue weighted by molar-refractivity contribution is 8.76. The molecule has 0 aromatic heterocycles. The number of carbonyl (C=O) groups is 9. The van der Waals surface area contributed by atoms with E-state index in [2.05, 4.69) is 36.9 Å². The van der Waals surface area contributed by atoms with Crippen LogP contribution in [0.5, 0.6) is 0 Å². The van der Waals surface area contributed by atoms with Gasteiger partial charge in [0.25, 0.3) is 0 Å². The largest absolute Gasteiger partial charge is 0.481 e. The standard InChI is InChI=1S/C32H54N12O12S2/c33-8-2-1-5-18(31(55)56)41-28(52)21-15-58-57-14-16(34)25(49)40-17(6-3-9-37-32(35)36)26(50)38-12-23(46)39-19(11-24(47)48)27(51)42-20(13-45)30(54)44-10-4-7-22(44)29(53)43-21/h16-22,45H,1-15,33-34H2,(H,38,50)(H,39,46)(H,40,49)(H,41,52)(H,42,51)(H,43,53)(H,47,48)(H,55,56)(H4,35,36,37)/t16-,17+,18+,19+,20+,21-,22+/m1/s1. The van der Waals surface area contributed by atoms with Gasteiger partial charge < -0.3 is 75.1 Å². The number of fused-ring (bicyclic) bond motifs is 1. The Labute approximate surface area is 341 Å². The molecular weight excluding hydrogens is 809 g/mol. The van der Waals surface area contributed by atoms with Crippen LogP contribution in [-0.4, -0.2) is 166 Å². The minimum absolute atomic E-state index is 0.00277. The highest BCUT2D eigenvalue weighted by Crippen LogP contribution is 2.24. The minimum Gasteiger partial charge on any atom is -0.481 e. The van der Waals surface area contributed by atoms with E-state index in [0.717, 1.165) is 26.5 Å². The number of unbranched alkanes of at least 4 members (excludes halogenated alkanes) is 1. The Balaban J connectivity index is 2.45. The average Bonchev–Trinajstić information content (AvgIpc) is 3.67. The molecule has 2 saturated heterocycles. The van der Waals surface area contributed by atoms with Gasteiger partial charge in [0.05, 0.1) is 25.6 Å². The molecule has 0 aliphatic carbocycles. The van der Waals surface area contributed by atoms with Crippen molar-refractivity contribution >= 4 is 80.8 Å². The van der Waals surface area contributed by atoms with Crippen molar-refractivity contribution in [2.24, 2.45) is 27.9 Å². The van der Waals surface area contributed by atoms with Gasteiger partial charge in [-0.15, -0.1) is 0 Å². The molecule has 0 aromatic carbocycles. The van der Waals surface area contributed by atoms with Gasteiger partial charge in [-0.1, -0.05) is 21.6 Å². The van der Waals surface area contributed by atoms with Crippen LogP contribution in [0.3, 0.4) is 0 Å². The fourth-order valence-electron chi connectivity index (χ4n) is 5.72. The molecule has 0 bridgehead atoms. The zero-order valence-corrected chi connectivity index (χ0v) is 33.3. The van der Waals surface area contributed by atoms with E-state index in [1.54, 1.807) is 0 Å². The summed E-state index contributed by atoms with van der Waals surface area (Å²) in [5.74, 6) is -9.69. The molecule has 0 saturated carbocycles. The van der Waals surface area contributed by atoms with Crippen LogP contribution in [0.1, 0.15) is 51.4 Å². The summed E-state index contributed by atoms with van der Waals surface area (Å²) in [6.45, 7) is -1.38. The van der Waals surface area contributed by atoms with Crippen LogP contribution >= 0.6 is 21.6 Å². The number of guanidine groups is 1. The first kappa shape index (κ1) is 49.2. The van der Waals surface area contributed by atoms with Crippen molar-refractivity contribution in [1.82, 2.24) is 36.8 Å². The molecule has 2 aliphatic heterocycles. The van der Waals surface area contributed by atoms with Crippen molar-refractivity contribution < 1.29 is 58.5 Å². The number of nitrogens with two attached hydrogens (primary N) is 4. The van der Waals surface area contributed by atoms with Crippen LogP contribution in [0.2, 0.25) is 0 Å². The lowest BCUT2D eigenvalue weighted by atomic mass is 10.1. The maximum absolute atomic E-state index is 13.7. The van der Waals surface area contributed by atoms with Crippen molar-refractivity contribution in [3.63, 3.8) is 0 Å². The van der Waals surface area contributed by atoms with Crippen molar-refractivity contribution in [3.05, 3.63) is 0 Å². The summed E-state index contributed by atoms with van der Waals surface area (Å²) in [4.78, 5) is 122. The van der Waals surface area contributed by atoms with Crippen LogP contribution < -0.4 is 54.8 Å². The number of carboxylic acids is 2. The van der Waals surface area contributed by atoms with Crippen molar-refractivity contribution in [1.29, 1.82) is 0 Å². The van der Waals surface area contributed by atoms with Crippen LogP contribution in [0.4, 0.5) is 0 Å². The molecule has 0 aromatic rings. The van der Waals surface area contributed by atoms with Gasteiger partial charge >= 0.3 is 11.9 Å². The topological polar surface area (TPSA) is 406 Å². The van der Waals surface area contributed by atoms with Gasteiger partial charge in [0.2, 0.25) is 41.4 Å². The highest BCUT2D eigenvalue weighted by Gasteiger charge is 2.40. The third-order valence-electron chi connectivity index (χ3n) is 8.76. The molecule has 26 heteroatoms. The summed E-state index contributed by atoms with van der Waals surface area (Å²) < 4.78 is 0. The molecule has 2 aliphatic rings. The maximum Gasteiger partial charge on any atom is 0.326 e. The Bertz CT molecular complexity index is 1520. The number of nitrogens with one attached hydrogen (secondary N) is 6. The number of carboxylic acid groups (broad SMARTS) is 2. The number of aliphatic hydroxyl groups is 1. The first-order valence-corrected chi connectivity index (χ1v) is 20.9. The smallest absolute Gasteiger partial charge is 0.326 e. The van der Waals surface area contributed by atoms with Gasteiger partial charge in [-0.2, -0.15) is 0 Å². The molecule has 2 heterocycles. The second-order valence-electron chi connectivity index (χ2n) is 13.3. The Morgan fingerprint density at radius 1 is 0.879 bits per heavy atom. The quantitative estimate of drug-likeness (QED) is 0.0334. The second kappa shape index (κ2) is 25.4. The van der Waals surface area contributed by atoms with Crippen LogP contribution in [-0.2, 0) is 43.2 Å². The molecule has 17 N–H and O–H groups in total. The molecule has 0 unspecified atom stereocenters. The van der Waals surface area contributed by atoms with E-state index in [9.17, 15) is 58.5 Å². The van der Waals surface area contributed by atoms with Crippen molar-refractivity contribution in [2.45, 2.75) is 93.7 Å². The summed E-state index contributed by atoms with van der Waals surface area (Å²) in [6.07, 6.45) is 0.551. The lowest BCUT2D eigenvalue weighted by Gasteiger charge is -2.30. The molecule has 24 nitrogen and oxygen atoms in total. The number of amides is 7. The normalized spacial score (nSPS) is 25.1. The van der Waals surface area contributed by atoms with E-state index < -0.39 is 115 Å². The van der Waals surface area contributed by atoms with Crippen molar-refractivity contribution in [2.75, 3.05) is 44.3 Å². The third kappa shape index (κ3) is 16.9. The summed E-state index contributed by atoms with van der Waals surface area (Å²) in [6, 6.07) is -9.85. The molecular formula is C32H54N12O12S2. The Morgan fingerprint density at radius 2 is 1.57 bits per heavy atom. The number of hydrogen-bond acceptors (Lipinski definition) is 15. The van der Waals surface area contributed by atoms with E-state index in [1.807, 2.05) is 0 Å². The molecule has 2 rings (SSSR count). The molecule has 326 valence electrons. The van der Waals surface area contributed by atoms with E-state index in [0.29, 0.717) is 25.8 Å². The van der Waals surface area contributed by atoms with Gasteiger partial charge in [0.15, 0.2) is 5.96 Å². The third-order valence-corrected chi connectivity index (χ3v) is 11.2. The lowest BCUT2D eigenvalue weighted by Crippen LogP contribution is -2.60. The number of aliphatic imine (C=N–C) groups is 1. The Morgan fingerprint density at radius 3 is 2.21 bits per heavy atom. The number of carbonyl (C=O) groups excluding carboxylic acids is 7. The zero-order valence-electron chi connectivity index (χ0n) is 31.7. The number of rotatable bonds is 14.